The van der Waals surface area contributed by atoms with Crippen molar-refractivity contribution >= 4 is 5.69 Å². The first kappa shape index (κ1) is 12.9. The molecule has 1 saturated carbocycles. The summed E-state index contributed by atoms with van der Waals surface area (Å²) in [6.07, 6.45) is 7.37. The molecule has 2 aliphatic rings. The molecule has 0 spiro atoms. The fourth-order valence-corrected chi connectivity index (χ4v) is 3.39. The number of nitrogens with two attached hydrogens (primary N) is 1. The molecule has 104 valence electrons. The van der Waals surface area contributed by atoms with Crippen LogP contribution in [0.1, 0.15) is 36.9 Å². The molecule has 1 aromatic heterocycles. The van der Waals surface area contributed by atoms with Crippen LogP contribution in [0.4, 0.5) is 5.69 Å². The molecule has 2 atom stereocenters. The number of anilines is 1. The van der Waals surface area contributed by atoms with Crippen LogP contribution in [0, 0.1) is 6.92 Å². The van der Waals surface area contributed by atoms with E-state index in [1.54, 1.807) is 0 Å². The molecule has 3 rings (SSSR count). The minimum Gasteiger partial charge on any atom is -0.374 e. The van der Waals surface area contributed by atoms with E-state index < -0.39 is 0 Å². The lowest BCUT2D eigenvalue weighted by Gasteiger charge is -2.45. The van der Waals surface area contributed by atoms with Crippen LogP contribution in [0.2, 0.25) is 0 Å². The lowest BCUT2D eigenvalue weighted by atomic mass is 9.89. The van der Waals surface area contributed by atoms with E-state index in [0.29, 0.717) is 18.7 Å². The third-order valence-corrected chi connectivity index (χ3v) is 4.36. The summed E-state index contributed by atoms with van der Waals surface area (Å²) in [6, 6.07) is 2.70. The van der Waals surface area contributed by atoms with Gasteiger partial charge < -0.3 is 15.4 Å². The second kappa shape index (κ2) is 5.47. The zero-order valence-electron chi connectivity index (χ0n) is 11.6. The van der Waals surface area contributed by atoms with Gasteiger partial charge in [-0.25, -0.2) is 0 Å². The Balaban J connectivity index is 1.93. The third kappa shape index (κ3) is 2.47. The fraction of sp³-hybridized carbons (Fsp3) is 0.667. The molecule has 4 heteroatoms. The Labute approximate surface area is 115 Å². The molecule has 2 N–H and O–H groups in total. The standard InChI is InChI=1S/C15H23N3O/c1-11-8-14(12(9-16)10-17-11)18-6-7-19-15-5-3-2-4-13(15)18/h8,10,13,15H,2-7,9,16H2,1H3. The van der Waals surface area contributed by atoms with Crippen molar-refractivity contribution in [2.24, 2.45) is 5.73 Å². The molecule has 0 radical (unpaired) electrons. The van der Waals surface area contributed by atoms with Crippen LogP contribution in [0.5, 0.6) is 0 Å². The van der Waals surface area contributed by atoms with Crippen LogP contribution in [-0.2, 0) is 11.3 Å². The van der Waals surface area contributed by atoms with Gasteiger partial charge in [0.05, 0.1) is 18.8 Å². The van der Waals surface area contributed by atoms with E-state index >= 15 is 0 Å². The summed E-state index contributed by atoms with van der Waals surface area (Å²) in [5.41, 5.74) is 9.36. The predicted octanol–water partition coefficient (Wildman–Crippen LogP) is 2.00. The van der Waals surface area contributed by atoms with Gasteiger partial charge in [-0.15, -0.1) is 0 Å². The SMILES string of the molecule is Cc1cc(N2CCOC3CCCCC32)c(CN)cn1. The molecule has 0 aromatic carbocycles. The second-order valence-corrected chi connectivity index (χ2v) is 5.61. The van der Waals surface area contributed by atoms with Gasteiger partial charge in [-0.05, 0) is 25.8 Å². The van der Waals surface area contributed by atoms with Crippen molar-refractivity contribution in [1.82, 2.24) is 4.98 Å². The average Bonchev–Trinajstić information content (AvgIpc) is 2.46. The van der Waals surface area contributed by atoms with Crippen molar-refractivity contribution < 1.29 is 4.74 Å². The number of aromatic nitrogens is 1. The predicted molar refractivity (Wildman–Crippen MR) is 76.2 cm³/mol. The molecule has 2 fully saturated rings. The molecule has 1 saturated heterocycles. The van der Waals surface area contributed by atoms with E-state index in [9.17, 15) is 0 Å². The Morgan fingerprint density at radius 3 is 3.11 bits per heavy atom. The lowest BCUT2D eigenvalue weighted by Crippen LogP contribution is -2.53. The summed E-state index contributed by atoms with van der Waals surface area (Å²) >= 11 is 0. The van der Waals surface area contributed by atoms with E-state index in [-0.39, 0.29) is 0 Å². The smallest absolute Gasteiger partial charge is 0.0779 e. The van der Waals surface area contributed by atoms with E-state index in [2.05, 4.69) is 16.0 Å². The molecule has 4 nitrogen and oxygen atoms in total. The molecule has 0 bridgehead atoms. The number of morpholine rings is 1. The highest BCUT2D eigenvalue weighted by atomic mass is 16.5. The summed E-state index contributed by atoms with van der Waals surface area (Å²) in [5, 5.41) is 0. The highest BCUT2D eigenvalue weighted by Gasteiger charge is 2.35. The summed E-state index contributed by atoms with van der Waals surface area (Å²) in [6.45, 7) is 4.39. The van der Waals surface area contributed by atoms with Crippen molar-refractivity contribution in [2.75, 3.05) is 18.1 Å². The molecular weight excluding hydrogens is 238 g/mol. The molecule has 0 amide bonds. The number of nitrogens with zero attached hydrogens (tertiary/aromatic N) is 2. The topological polar surface area (TPSA) is 51.4 Å². The van der Waals surface area contributed by atoms with Crippen LogP contribution in [0.3, 0.4) is 0 Å². The number of hydrogen-bond acceptors (Lipinski definition) is 4. The third-order valence-electron chi connectivity index (χ3n) is 4.36. The molecule has 2 heterocycles. The van der Waals surface area contributed by atoms with E-state index in [4.69, 9.17) is 10.5 Å². The van der Waals surface area contributed by atoms with Gasteiger partial charge in [0, 0.05) is 36.2 Å². The average molecular weight is 261 g/mol. The minimum absolute atomic E-state index is 0.404. The van der Waals surface area contributed by atoms with Crippen LogP contribution in [0.25, 0.3) is 0 Å². The summed E-state index contributed by atoms with van der Waals surface area (Å²) < 4.78 is 5.95. The maximum absolute atomic E-state index is 5.95. The lowest BCUT2D eigenvalue weighted by molar-refractivity contribution is -0.00874. The quantitative estimate of drug-likeness (QED) is 0.884. The van der Waals surface area contributed by atoms with Crippen molar-refractivity contribution in [3.8, 4) is 0 Å². The maximum atomic E-state index is 5.95. The fourth-order valence-electron chi connectivity index (χ4n) is 3.39. The number of rotatable bonds is 2. The summed E-state index contributed by atoms with van der Waals surface area (Å²) in [4.78, 5) is 6.89. The first-order valence-corrected chi connectivity index (χ1v) is 7.33. The Hall–Kier alpha value is -1.13. The number of aryl methyl sites for hydroxylation is 1. The first-order valence-electron chi connectivity index (χ1n) is 7.33. The Kier molecular flexibility index (Phi) is 3.71. The van der Waals surface area contributed by atoms with Crippen LogP contribution in [0.15, 0.2) is 12.3 Å². The summed E-state index contributed by atoms with van der Waals surface area (Å²) in [5.74, 6) is 0. The second-order valence-electron chi connectivity index (χ2n) is 5.61. The molecule has 1 aliphatic carbocycles. The Bertz CT molecular complexity index is 447. The van der Waals surface area contributed by atoms with Gasteiger partial charge in [0.25, 0.3) is 0 Å². The molecule has 19 heavy (non-hydrogen) atoms. The van der Waals surface area contributed by atoms with E-state index in [0.717, 1.165) is 24.4 Å². The van der Waals surface area contributed by atoms with Crippen LogP contribution in [-0.4, -0.2) is 30.3 Å². The van der Waals surface area contributed by atoms with Crippen molar-refractivity contribution in [3.05, 3.63) is 23.5 Å². The Morgan fingerprint density at radius 2 is 2.26 bits per heavy atom. The largest absolute Gasteiger partial charge is 0.374 e. The molecule has 1 aliphatic heterocycles. The number of ether oxygens (including phenoxy) is 1. The van der Waals surface area contributed by atoms with Gasteiger partial charge in [0.2, 0.25) is 0 Å². The molecular formula is C15H23N3O. The van der Waals surface area contributed by atoms with Crippen LogP contribution < -0.4 is 10.6 Å². The highest BCUT2D eigenvalue weighted by molar-refractivity contribution is 5.55. The van der Waals surface area contributed by atoms with Gasteiger partial charge in [-0.3, -0.25) is 4.98 Å². The summed E-state index contributed by atoms with van der Waals surface area (Å²) in [7, 11) is 0. The van der Waals surface area contributed by atoms with E-state index in [1.807, 2.05) is 13.1 Å². The number of fused-ring (bicyclic) bond motifs is 1. The molecule has 1 aromatic rings. The number of hydrogen-bond donors (Lipinski definition) is 1. The minimum atomic E-state index is 0.404. The Morgan fingerprint density at radius 1 is 1.42 bits per heavy atom. The van der Waals surface area contributed by atoms with Crippen LogP contribution >= 0.6 is 0 Å². The molecule has 2 unspecified atom stereocenters. The van der Waals surface area contributed by atoms with Gasteiger partial charge in [-0.2, -0.15) is 0 Å². The van der Waals surface area contributed by atoms with E-state index in [1.165, 1.54) is 31.4 Å². The maximum Gasteiger partial charge on any atom is 0.0779 e. The van der Waals surface area contributed by atoms with Crippen molar-refractivity contribution in [1.29, 1.82) is 0 Å². The zero-order chi connectivity index (χ0) is 13.2. The van der Waals surface area contributed by atoms with Crippen molar-refractivity contribution in [2.45, 2.75) is 51.3 Å². The van der Waals surface area contributed by atoms with Gasteiger partial charge in [-0.1, -0.05) is 12.8 Å². The van der Waals surface area contributed by atoms with Gasteiger partial charge in [0.15, 0.2) is 0 Å². The zero-order valence-corrected chi connectivity index (χ0v) is 11.6. The number of pyridine rings is 1. The first-order chi connectivity index (χ1) is 9.29. The monoisotopic (exact) mass is 261 g/mol. The van der Waals surface area contributed by atoms with Gasteiger partial charge in [0.1, 0.15) is 0 Å². The normalized spacial score (nSPS) is 27.2. The van der Waals surface area contributed by atoms with Crippen molar-refractivity contribution in [3.63, 3.8) is 0 Å². The highest BCUT2D eigenvalue weighted by Crippen LogP contribution is 2.33. The van der Waals surface area contributed by atoms with Gasteiger partial charge >= 0.3 is 0 Å².